The Morgan fingerprint density at radius 3 is 1.98 bits per heavy atom. The maximum atomic E-state index is 10.8. The smallest absolute Gasteiger partial charge is 0.545 e. The molecule has 0 radical (unpaired) electrons. The van der Waals surface area contributed by atoms with Gasteiger partial charge in [-0.3, -0.25) is 4.74 Å². The van der Waals surface area contributed by atoms with Crippen LogP contribution < -0.4 is 60.7 Å². The zero-order chi connectivity index (χ0) is 32.9. The second kappa shape index (κ2) is 15.3. The van der Waals surface area contributed by atoms with E-state index in [9.17, 15) is 24.9 Å². The molecular formula is C33H37N5NaO6P. The topological polar surface area (TPSA) is 181 Å². The number of H-pyrrole nitrogens is 1. The van der Waals surface area contributed by atoms with Crippen molar-refractivity contribution in [1.29, 1.82) is 0 Å². The van der Waals surface area contributed by atoms with Crippen molar-refractivity contribution in [2.45, 2.75) is 39.5 Å². The molecule has 5 aromatic rings. The van der Waals surface area contributed by atoms with Crippen molar-refractivity contribution in [3.05, 3.63) is 89.7 Å². The molecule has 46 heavy (non-hydrogen) atoms. The first-order chi connectivity index (χ1) is 21.3. The second-order valence-electron chi connectivity index (χ2n) is 11.2. The van der Waals surface area contributed by atoms with E-state index in [0.717, 1.165) is 38.4 Å². The van der Waals surface area contributed by atoms with Gasteiger partial charge in [0.2, 0.25) is 5.52 Å². The number of carbonyl (C=O) groups excluding carboxylic acids is 2. The van der Waals surface area contributed by atoms with Crippen LogP contribution in [0.3, 0.4) is 0 Å². The first kappa shape index (κ1) is 36.9. The molecule has 236 valence electrons. The predicted molar refractivity (Wildman–Crippen MR) is 172 cm³/mol. The van der Waals surface area contributed by atoms with Gasteiger partial charge in [0, 0.05) is 20.7 Å². The fourth-order valence-corrected chi connectivity index (χ4v) is 7.21. The third-order valence-corrected chi connectivity index (χ3v) is 10.8. The summed E-state index contributed by atoms with van der Waals surface area (Å²) in [6.45, 7) is 8.99. The molecule has 2 aromatic heterocycles. The summed E-state index contributed by atoms with van der Waals surface area (Å²) >= 11 is 0. The predicted octanol–water partition coefficient (Wildman–Crippen LogP) is -1.28. The van der Waals surface area contributed by atoms with Gasteiger partial charge in [0.25, 0.3) is 5.82 Å². The number of para-hydroxylation sites is 1. The number of benzene rings is 3. The number of carbonyl (C=O) groups is 2. The van der Waals surface area contributed by atoms with Crippen LogP contribution in [0.2, 0.25) is 0 Å². The Balaban J connectivity index is 0.000000245. The fraction of sp³-hybridized carbons (Fsp3) is 0.273. The number of aromatic nitrogens is 3. The molecule has 13 heteroatoms. The Bertz CT molecular complexity index is 1840. The minimum Gasteiger partial charge on any atom is -0.545 e. The number of nitrogens with two attached hydrogens (primary N) is 1. The molecule has 0 saturated carbocycles. The van der Waals surface area contributed by atoms with E-state index >= 15 is 0 Å². The molecule has 0 unspecified atom stereocenters. The summed E-state index contributed by atoms with van der Waals surface area (Å²) in [5.74, 6) is -1.13. The number of carboxylic acid groups (broad SMARTS) is 2. The van der Waals surface area contributed by atoms with E-state index in [1.54, 1.807) is 45.2 Å². The maximum Gasteiger partial charge on any atom is 1.00 e. The van der Waals surface area contributed by atoms with Gasteiger partial charge in [0.05, 0.1) is 28.4 Å². The molecular weight excluding hydrogens is 616 g/mol. The van der Waals surface area contributed by atoms with E-state index in [1.165, 1.54) is 24.3 Å². The molecule has 0 spiro atoms. The maximum absolute atomic E-state index is 10.8. The molecule has 2 heterocycles. The Labute approximate surface area is 289 Å². The number of rotatable bonds is 9. The third-order valence-electron chi connectivity index (χ3n) is 7.36. The zero-order valence-corrected chi connectivity index (χ0v) is 29.8. The number of nitrogens with zero attached hydrogens (tertiary/aromatic N) is 3. The van der Waals surface area contributed by atoms with Crippen molar-refractivity contribution in [2.24, 2.45) is 4.74 Å². The minimum atomic E-state index is -2.06. The van der Waals surface area contributed by atoms with Crippen molar-refractivity contribution in [3.8, 4) is 0 Å². The van der Waals surface area contributed by atoms with E-state index in [2.05, 4.69) is 14.7 Å². The summed E-state index contributed by atoms with van der Waals surface area (Å²) in [6.07, 6.45) is 0. The normalized spacial score (nSPS) is 11.4. The molecule has 0 bridgehead atoms. The van der Waals surface area contributed by atoms with Crippen LogP contribution >= 0.6 is 7.05 Å². The summed E-state index contributed by atoms with van der Waals surface area (Å²) in [5.41, 5.74) is 8.06. The molecule has 0 aliphatic carbocycles. The van der Waals surface area contributed by atoms with Crippen molar-refractivity contribution < 1.29 is 63.8 Å². The molecule has 3 aromatic carbocycles. The number of nitrogens with one attached hydrogen (secondary N) is 1. The molecule has 4 N–H and O–H groups in total. The number of fused-ring (bicyclic) bond motifs is 3. The minimum absolute atomic E-state index is 0. The molecule has 0 aliphatic rings. The summed E-state index contributed by atoms with van der Waals surface area (Å²) in [6, 6.07) is 20.7. The standard InChI is InChI=1S/C17H22N4O2.C16H16NO4P.Na/c1-4-23-9-13-20-14-15(21(13)10-17(2,3)22)11-7-5-6-8-12(11)19-16(14)18;1-17-22(2,13-7-3-11(4-8-13)15(18)19)14-9-5-12(6-10-14)16(20)21;/h5-8,22H,4,9-10H2,1-3H3,(H2,18,19);3-10H,1-2H3,(H,18,19)(H,20,21);/q;;+1/p-1. The van der Waals surface area contributed by atoms with E-state index in [0.29, 0.717) is 25.6 Å². The largest absolute Gasteiger partial charge is 1.00 e. The molecule has 0 saturated heterocycles. The molecule has 0 amide bonds. The average molecular weight is 654 g/mol. The number of hydrogen-bond donors (Lipinski definition) is 3. The van der Waals surface area contributed by atoms with Crippen LogP contribution in [0.15, 0.2) is 77.5 Å². The number of pyridine rings is 1. The molecule has 0 atom stereocenters. The summed E-state index contributed by atoms with van der Waals surface area (Å²) in [7, 11) is -0.355. The number of aromatic amines is 1. The van der Waals surface area contributed by atoms with Gasteiger partial charge < -0.3 is 35.4 Å². The van der Waals surface area contributed by atoms with Crippen LogP contribution in [0.5, 0.6) is 0 Å². The van der Waals surface area contributed by atoms with Crippen LogP contribution in [-0.4, -0.2) is 52.9 Å². The van der Waals surface area contributed by atoms with Crippen molar-refractivity contribution >= 4 is 57.4 Å². The van der Waals surface area contributed by atoms with Gasteiger partial charge in [-0.2, -0.15) is 0 Å². The summed E-state index contributed by atoms with van der Waals surface area (Å²) in [5, 5.41) is 34.8. The van der Waals surface area contributed by atoms with Gasteiger partial charge in [-0.1, -0.05) is 60.7 Å². The number of anilines is 1. The van der Waals surface area contributed by atoms with Crippen molar-refractivity contribution in [2.75, 3.05) is 26.1 Å². The van der Waals surface area contributed by atoms with Crippen LogP contribution in [0.4, 0.5) is 5.82 Å². The average Bonchev–Trinajstić information content (AvgIpc) is 3.37. The van der Waals surface area contributed by atoms with Gasteiger partial charge in [0.15, 0.2) is 11.3 Å². The van der Waals surface area contributed by atoms with Gasteiger partial charge in [-0.05, 0) is 61.3 Å². The monoisotopic (exact) mass is 653 g/mol. The van der Waals surface area contributed by atoms with Gasteiger partial charge in [0.1, 0.15) is 13.2 Å². The van der Waals surface area contributed by atoms with Crippen LogP contribution in [-0.2, 0) is 17.9 Å². The number of hydrogen-bond acceptors (Lipinski definition) is 9. The SMILES string of the molecule is CCOCc1[nH]c2c(N)nc3ccccc3c2[n+]1CC(C)(C)O.CN=P(C)(c1ccc(C(=O)[O-])cc1)c1ccc(C(=O)[O-])cc1.[Na+]. The number of aromatic carboxylic acids is 2. The molecule has 0 fully saturated rings. The first-order valence-corrected chi connectivity index (χ1v) is 16.5. The number of aliphatic hydroxyl groups is 1. The number of ether oxygens (including phenoxy) is 1. The number of nitrogen functional groups attached to an aromatic ring is 1. The Hall–Kier alpha value is -3.57. The molecule has 0 aliphatic heterocycles. The zero-order valence-electron chi connectivity index (χ0n) is 26.9. The Morgan fingerprint density at radius 1 is 1.00 bits per heavy atom. The fourth-order valence-electron chi connectivity index (χ4n) is 4.99. The molecule has 5 rings (SSSR count). The quantitative estimate of drug-likeness (QED) is 0.100. The Morgan fingerprint density at radius 2 is 1.52 bits per heavy atom. The third kappa shape index (κ3) is 8.22. The summed E-state index contributed by atoms with van der Waals surface area (Å²) < 4.78 is 12.1. The van der Waals surface area contributed by atoms with Crippen LogP contribution in [0, 0.1) is 0 Å². The molecule has 11 nitrogen and oxygen atoms in total. The van der Waals surface area contributed by atoms with Crippen LogP contribution in [0.25, 0.3) is 21.9 Å². The number of carboxylic acids is 2. The van der Waals surface area contributed by atoms with E-state index in [1.807, 2.05) is 42.4 Å². The van der Waals surface area contributed by atoms with Crippen LogP contribution in [0.1, 0.15) is 47.3 Å². The van der Waals surface area contributed by atoms with Gasteiger partial charge in [-0.25, -0.2) is 14.5 Å². The number of imidazole rings is 1. The summed E-state index contributed by atoms with van der Waals surface area (Å²) in [4.78, 5) is 29.4. The van der Waals surface area contributed by atoms with Crippen molar-refractivity contribution in [1.82, 2.24) is 9.97 Å². The first-order valence-electron chi connectivity index (χ1n) is 14.3. The van der Waals surface area contributed by atoms with E-state index in [4.69, 9.17) is 10.5 Å². The van der Waals surface area contributed by atoms with Crippen molar-refractivity contribution in [3.63, 3.8) is 0 Å². The second-order valence-corrected chi connectivity index (χ2v) is 14.5. The van der Waals surface area contributed by atoms with Gasteiger partial charge >= 0.3 is 29.6 Å². The Kier molecular flexibility index (Phi) is 12.3. The van der Waals surface area contributed by atoms with Gasteiger partial charge in [-0.15, -0.1) is 0 Å². The van der Waals surface area contributed by atoms with E-state index in [-0.39, 0.29) is 40.7 Å². The van der Waals surface area contributed by atoms with E-state index < -0.39 is 24.6 Å².